The molecule has 0 amide bonds. The zero-order valence-corrected chi connectivity index (χ0v) is 13.9. The number of hydrogen-bond donors (Lipinski definition) is 0. The summed E-state index contributed by atoms with van der Waals surface area (Å²) in [6.45, 7) is 3.46. The lowest BCUT2D eigenvalue weighted by Gasteiger charge is -2.21. The molecule has 0 aliphatic carbocycles. The van der Waals surface area contributed by atoms with Gasteiger partial charge in [0.25, 0.3) is 0 Å². The Morgan fingerprint density at radius 3 is 2.08 bits per heavy atom. The van der Waals surface area contributed by atoms with Crippen molar-refractivity contribution >= 4 is 22.3 Å². The summed E-state index contributed by atoms with van der Waals surface area (Å²) < 4.78 is 0. The van der Waals surface area contributed by atoms with Crippen LogP contribution in [0.25, 0.3) is 10.8 Å². The van der Waals surface area contributed by atoms with Gasteiger partial charge in [0.05, 0.1) is 5.92 Å². The Labute approximate surface area is 142 Å². The van der Waals surface area contributed by atoms with Gasteiger partial charge in [-0.05, 0) is 29.2 Å². The van der Waals surface area contributed by atoms with Gasteiger partial charge in [-0.25, -0.2) is 0 Å². The van der Waals surface area contributed by atoms with Crippen molar-refractivity contribution in [3.05, 3.63) is 83.9 Å². The van der Waals surface area contributed by atoms with Gasteiger partial charge < -0.3 is 0 Å². The monoisotopic (exact) mass is 316 g/mol. The third kappa shape index (κ3) is 3.13. The third-order valence-electron chi connectivity index (χ3n) is 4.58. The van der Waals surface area contributed by atoms with E-state index in [4.69, 9.17) is 0 Å². The second kappa shape index (κ2) is 6.79. The molecule has 0 aromatic heterocycles. The molecule has 120 valence electrons. The predicted molar refractivity (Wildman–Crippen MR) is 97.3 cm³/mol. The van der Waals surface area contributed by atoms with Crippen molar-refractivity contribution < 1.29 is 9.59 Å². The zero-order valence-electron chi connectivity index (χ0n) is 13.9. The first-order valence-electron chi connectivity index (χ1n) is 8.16. The molecule has 0 N–H and O–H groups in total. The summed E-state index contributed by atoms with van der Waals surface area (Å²) in [5.41, 5.74) is 1.60. The van der Waals surface area contributed by atoms with Crippen LogP contribution in [0.2, 0.25) is 0 Å². The minimum absolute atomic E-state index is 0.0930. The van der Waals surface area contributed by atoms with E-state index < -0.39 is 5.92 Å². The van der Waals surface area contributed by atoms with Crippen molar-refractivity contribution in [2.75, 3.05) is 0 Å². The van der Waals surface area contributed by atoms with Crippen LogP contribution in [-0.4, -0.2) is 11.6 Å². The molecule has 0 saturated carbocycles. The van der Waals surface area contributed by atoms with Crippen LogP contribution >= 0.6 is 0 Å². The van der Waals surface area contributed by atoms with Crippen molar-refractivity contribution in [3.63, 3.8) is 0 Å². The molecular weight excluding hydrogens is 296 g/mol. The van der Waals surface area contributed by atoms with Crippen LogP contribution in [-0.2, 0) is 4.79 Å². The maximum absolute atomic E-state index is 12.8. The molecule has 2 atom stereocenters. The molecule has 0 spiro atoms. The number of fused-ring (bicyclic) bond motifs is 1. The number of Topliss-reactive ketones (excluding diaryl/α,β-unsaturated/α-hetero) is 2. The Bertz CT molecular complexity index is 881. The number of hydrogen-bond acceptors (Lipinski definition) is 2. The molecule has 3 aromatic carbocycles. The van der Waals surface area contributed by atoms with Crippen LogP contribution in [0.3, 0.4) is 0 Å². The highest BCUT2D eigenvalue weighted by Gasteiger charge is 2.31. The maximum atomic E-state index is 12.8. The summed E-state index contributed by atoms with van der Waals surface area (Å²) in [5, 5.41) is 2.28. The topological polar surface area (TPSA) is 34.1 Å². The van der Waals surface area contributed by atoms with Crippen molar-refractivity contribution in [1.82, 2.24) is 0 Å². The van der Waals surface area contributed by atoms with E-state index in [9.17, 15) is 9.59 Å². The van der Waals surface area contributed by atoms with Crippen LogP contribution in [0, 0.1) is 5.92 Å². The van der Waals surface area contributed by atoms with Gasteiger partial charge >= 0.3 is 0 Å². The van der Waals surface area contributed by atoms with E-state index >= 15 is 0 Å². The molecule has 2 heteroatoms. The molecule has 0 aliphatic heterocycles. The lowest BCUT2D eigenvalue weighted by atomic mass is 9.80. The second-order valence-electron chi connectivity index (χ2n) is 6.21. The third-order valence-corrected chi connectivity index (χ3v) is 4.58. The van der Waals surface area contributed by atoms with Gasteiger partial charge in [0.2, 0.25) is 0 Å². The molecule has 3 rings (SSSR count). The quantitative estimate of drug-likeness (QED) is 0.488. The highest BCUT2D eigenvalue weighted by molar-refractivity contribution is 6.10. The summed E-state index contributed by atoms with van der Waals surface area (Å²) >= 11 is 0. The number of carbonyl (C=O) groups is 2. The molecule has 0 heterocycles. The van der Waals surface area contributed by atoms with Gasteiger partial charge in [-0.3, -0.25) is 9.59 Å². The molecule has 0 saturated heterocycles. The largest absolute Gasteiger partial charge is 0.299 e. The molecule has 3 aromatic rings. The number of carbonyl (C=O) groups excluding carboxylic acids is 2. The summed E-state index contributed by atoms with van der Waals surface area (Å²) in [6, 6.07) is 23.3. The predicted octanol–water partition coefficient (Wildman–Crippen LogP) is 5.03. The highest BCUT2D eigenvalue weighted by atomic mass is 16.1. The van der Waals surface area contributed by atoms with Crippen LogP contribution in [0.5, 0.6) is 0 Å². The SMILES string of the molecule is CC(=O)C(C(=O)c1ccccc1)C(C)c1ccc2ccccc2c1. The summed E-state index contributed by atoms with van der Waals surface area (Å²) in [6.07, 6.45) is 0. The van der Waals surface area contributed by atoms with Gasteiger partial charge in [0, 0.05) is 5.56 Å². The van der Waals surface area contributed by atoms with E-state index in [0.29, 0.717) is 5.56 Å². The average molecular weight is 316 g/mol. The van der Waals surface area contributed by atoms with E-state index in [1.807, 2.05) is 55.5 Å². The van der Waals surface area contributed by atoms with E-state index in [1.54, 1.807) is 12.1 Å². The molecular formula is C22H20O2. The second-order valence-corrected chi connectivity index (χ2v) is 6.21. The van der Waals surface area contributed by atoms with E-state index in [1.165, 1.54) is 6.92 Å². The van der Waals surface area contributed by atoms with E-state index in [0.717, 1.165) is 16.3 Å². The Balaban J connectivity index is 1.98. The minimum Gasteiger partial charge on any atom is -0.299 e. The van der Waals surface area contributed by atoms with Crippen LogP contribution < -0.4 is 0 Å². The molecule has 24 heavy (non-hydrogen) atoms. The molecule has 0 radical (unpaired) electrons. The fraction of sp³-hybridized carbons (Fsp3) is 0.182. The Morgan fingerprint density at radius 1 is 0.792 bits per heavy atom. The van der Waals surface area contributed by atoms with Crippen molar-refractivity contribution in [3.8, 4) is 0 Å². The summed E-state index contributed by atoms with van der Waals surface area (Å²) in [7, 11) is 0. The smallest absolute Gasteiger partial charge is 0.173 e. The average Bonchev–Trinajstić information content (AvgIpc) is 2.61. The molecule has 2 nitrogen and oxygen atoms in total. The Hall–Kier alpha value is -2.74. The van der Waals surface area contributed by atoms with Crippen molar-refractivity contribution in [1.29, 1.82) is 0 Å². The molecule has 0 aliphatic rings. The van der Waals surface area contributed by atoms with Gasteiger partial charge in [-0.15, -0.1) is 0 Å². The van der Waals surface area contributed by atoms with Gasteiger partial charge in [-0.2, -0.15) is 0 Å². The van der Waals surface area contributed by atoms with Crippen LogP contribution in [0.1, 0.15) is 35.7 Å². The van der Waals surface area contributed by atoms with Crippen molar-refractivity contribution in [2.45, 2.75) is 19.8 Å². The molecule has 0 fully saturated rings. The molecule has 0 bridgehead atoms. The molecule has 2 unspecified atom stereocenters. The number of ketones is 2. The zero-order chi connectivity index (χ0) is 17.1. The number of benzene rings is 3. The van der Waals surface area contributed by atoms with Crippen molar-refractivity contribution in [2.24, 2.45) is 5.92 Å². The normalized spacial score (nSPS) is 13.4. The lowest BCUT2D eigenvalue weighted by Crippen LogP contribution is -2.27. The lowest BCUT2D eigenvalue weighted by molar-refractivity contribution is -0.119. The van der Waals surface area contributed by atoms with Gasteiger partial charge in [0.1, 0.15) is 5.78 Å². The summed E-state index contributed by atoms with van der Waals surface area (Å²) in [4.78, 5) is 25.1. The van der Waals surface area contributed by atoms with Gasteiger partial charge in [0.15, 0.2) is 5.78 Å². The fourth-order valence-corrected chi connectivity index (χ4v) is 3.23. The fourth-order valence-electron chi connectivity index (χ4n) is 3.23. The first kappa shape index (κ1) is 16.1. The first-order chi connectivity index (χ1) is 11.6. The summed E-state index contributed by atoms with van der Waals surface area (Å²) in [5.74, 6) is -1.03. The van der Waals surface area contributed by atoms with E-state index in [-0.39, 0.29) is 17.5 Å². The van der Waals surface area contributed by atoms with Crippen LogP contribution in [0.15, 0.2) is 72.8 Å². The Kier molecular flexibility index (Phi) is 4.57. The number of rotatable bonds is 5. The maximum Gasteiger partial charge on any atom is 0.173 e. The van der Waals surface area contributed by atoms with Gasteiger partial charge in [-0.1, -0.05) is 79.7 Å². The van der Waals surface area contributed by atoms with E-state index in [2.05, 4.69) is 12.1 Å². The standard InChI is InChI=1S/C22H20O2/c1-15(19-13-12-17-8-6-7-11-20(17)14-19)21(16(2)23)22(24)18-9-4-3-5-10-18/h3-15,21H,1-2H3. The minimum atomic E-state index is -0.659. The van der Waals surface area contributed by atoms with Crippen LogP contribution in [0.4, 0.5) is 0 Å². The Morgan fingerprint density at radius 2 is 1.42 bits per heavy atom. The first-order valence-corrected chi connectivity index (χ1v) is 8.16. The highest BCUT2D eigenvalue weighted by Crippen LogP contribution is 2.30.